The van der Waals surface area contributed by atoms with Crippen molar-refractivity contribution in [3.05, 3.63) is 29.8 Å². The Bertz CT molecular complexity index is 392. The van der Waals surface area contributed by atoms with Crippen molar-refractivity contribution in [3.63, 3.8) is 0 Å². The fraction of sp³-hybridized carbons (Fsp3) is 0.667. The fourth-order valence-corrected chi connectivity index (χ4v) is 3.32. The minimum absolute atomic E-state index is 0.325. The number of hydrogen-bond acceptors (Lipinski definition) is 2. The third kappa shape index (κ3) is 3.54. The van der Waals surface area contributed by atoms with Crippen LogP contribution in [0.2, 0.25) is 0 Å². The van der Waals surface area contributed by atoms with Gasteiger partial charge in [0.2, 0.25) is 0 Å². The molecule has 2 rings (SSSR count). The smallest absolute Gasteiger partial charge is 0.0787 e. The summed E-state index contributed by atoms with van der Waals surface area (Å²) in [4.78, 5) is 2.42. The summed E-state index contributed by atoms with van der Waals surface area (Å²) in [6.45, 7) is 4.32. The number of rotatable bonds is 5. The Morgan fingerprint density at radius 3 is 2.20 bits per heavy atom. The van der Waals surface area contributed by atoms with E-state index in [2.05, 4.69) is 43.1 Å². The molecule has 1 aromatic rings. The Balaban J connectivity index is 1.97. The zero-order valence-corrected chi connectivity index (χ0v) is 13.2. The third-order valence-corrected chi connectivity index (χ3v) is 5.01. The van der Waals surface area contributed by atoms with Gasteiger partial charge in [0.15, 0.2) is 0 Å². The minimum Gasteiger partial charge on any atom is -0.388 e. The number of aliphatic hydroxyl groups excluding tert-OH is 1. The first-order chi connectivity index (χ1) is 9.65. The lowest BCUT2D eigenvalue weighted by Crippen LogP contribution is -2.35. The average molecular weight is 275 g/mol. The molecule has 0 heterocycles. The molecular weight excluding hydrogens is 246 g/mol. The first-order valence-corrected chi connectivity index (χ1v) is 8.16. The summed E-state index contributed by atoms with van der Waals surface area (Å²) in [6.07, 6.45) is 7.16. The largest absolute Gasteiger partial charge is 0.388 e. The van der Waals surface area contributed by atoms with Gasteiger partial charge in [0.25, 0.3) is 0 Å². The number of anilines is 1. The molecule has 1 fully saturated rings. The number of nitrogens with zero attached hydrogens (tertiary/aromatic N) is 1. The molecule has 1 atom stereocenters. The maximum Gasteiger partial charge on any atom is 0.0787 e. The highest BCUT2D eigenvalue weighted by Gasteiger charge is 2.23. The van der Waals surface area contributed by atoms with Crippen LogP contribution in [-0.2, 0) is 0 Å². The second-order valence-corrected chi connectivity index (χ2v) is 6.21. The van der Waals surface area contributed by atoms with E-state index in [1.165, 1.54) is 37.8 Å². The van der Waals surface area contributed by atoms with Crippen molar-refractivity contribution in [2.24, 2.45) is 5.92 Å². The Kier molecular flexibility index (Phi) is 5.47. The molecule has 1 aliphatic rings. The summed E-state index contributed by atoms with van der Waals surface area (Å²) >= 11 is 0. The van der Waals surface area contributed by atoms with Crippen molar-refractivity contribution in [2.45, 2.75) is 64.5 Å². The normalized spacial score (nSPS) is 24.4. The first kappa shape index (κ1) is 15.4. The summed E-state index contributed by atoms with van der Waals surface area (Å²) in [7, 11) is 2.21. The number of aliphatic hydroxyl groups is 1. The van der Waals surface area contributed by atoms with E-state index < -0.39 is 0 Å². The second kappa shape index (κ2) is 7.12. The van der Waals surface area contributed by atoms with Crippen LogP contribution in [0.3, 0.4) is 0 Å². The highest BCUT2D eigenvalue weighted by molar-refractivity contribution is 5.48. The van der Waals surface area contributed by atoms with E-state index in [1.807, 2.05) is 6.92 Å². The molecule has 1 N–H and O–H groups in total. The van der Waals surface area contributed by atoms with E-state index in [1.54, 1.807) is 0 Å². The molecule has 1 aliphatic carbocycles. The van der Waals surface area contributed by atoms with Crippen LogP contribution in [0, 0.1) is 5.92 Å². The predicted molar refractivity (Wildman–Crippen MR) is 86.1 cm³/mol. The van der Waals surface area contributed by atoms with Gasteiger partial charge in [0, 0.05) is 18.8 Å². The van der Waals surface area contributed by atoms with Gasteiger partial charge >= 0.3 is 0 Å². The number of benzene rings is 1. The van der Waals surface area contributed by atoms with Gasteiger partial charge in [-0.25, -0.2) is 0 Å². The molecule has 1 aromatic carbocycles. The molecule has 0 aliphatic heterocycles. The Labute approximate surface area is 123 Å². The quantitative estimate of drug-likeness (QED) is 0.853. The van der Waals surface area contributed by atoms with Crippen LogP contribution in [-0.4, -0.2) is 18.2 Å². The van der Waals surface area contributed by atoms with E-state index in [9.17, 15) is 5.11 Å². The lowest BCUT2D eigenvalue weighted by atomic mass is 9.84. The summed E-state index contributed by atoms with van der Waals surface area (Å²) < 4.78 is 0. The number of hydrogen-bond donors (Lipinski definition) is 1. The van der Waals surface area contributed by atoms with E-state index in [-0.39, 0.29) is 6.10 Å². The van der Waals surface area contributed by atoms with Crippen LogP contribution in [0.4, 0.5) is 5.69 Å². The molecule has 0 spiro atoms. The standard InChI is InChI=1S/C18H29NO/c1-4-14-6-10-16(11-7-14)19(3)17-12-8-15(9-13-17)18(20)5-2/h8-9,12-14,16,18,20H,4-7,10-11H2,1-3H3/t14?,16?,18-/m0/s1. The molecule has 2 nitrogen and oxygen atoms in total. The molecule has 112 valence electrons. The molecular formula is C18H29NO. The fourth-order valence-electron chi connectivity index (χ4n) is 3.32. The van der Waals surface area contributed by atoms with E-state index >= 15 is 0 Å². The highest BCUT2D eigenvalue weighted by atomic mass is 16.3. The van der Waals surface area contributed by atoms with Crippen molar-refractivity contribution in [1.29, 1.82) is 0 Å². The van der Waals surface area contributed by atoms with Gasteiger partial charge in [-0.05, 0) is 55.7 Å². The molecule has 1 saturated carbocycles. The molecule has 0 bridgehead atoms. The molecule has 2 heteroatoms. The van der Waals surface area contributed by atoms with E-state index in [4.69, 9.17) is 0 Å². The van der Waals surface area contributed by atoms with E-state index in [0.29, 0.717) is 6.04 Å². The molecule has 0 aromatic heterocycles. The average Bonchev–Trinajstić information content (AvgIpc) is 2.53. The predicted octanol–water partition coefficient (Wildman–Crippen LogP) is 4.54. The maximum absolute atomic E-state index is 9.85. The van der Waals surface area contributed by atoms with Gasteiger partial charge in [-0.1, -0.05) is 32.4 Å². The summed E-state index contributed by atoms with van der Waals surface area (Å²) in [6, 6.07) is 9.12. The van der Waals surface area contributed by atoms with Crippen LogP contribution >= 0.6 is 0 Å². The summed E-state index contributed by atoms with van der Waals surface area (Å²) in [5.41, 5.74) is 2.30. The third-order valence-electron chi connectivity index (χ3n) is 5.01. The van der Waals surface area contributed by atoms with Crippen molar-refractivity contribution >= 4 is 5.69 Å². The zero-order chi connectivity index (χ0) is 14.5. The van der Waals surface area contributed by atoms with Crippen molar-refractivity contribution in [2.75, 3.05) is 11.9 Å². The summed E-state index contributed by atoms with van der Waals surface area (Å²) in [5, 5.41) is 9.85. The van der Waals surface area contributed by atoms with Crippen molar-refractivity contribution in [1.82, 2.24) is 0 Å². The molecule has 0 amide bonds. The van der Waals surface area contributed by atoms with Gasteiger partial charge in [-0.15, -0.1) is 0 Å². The topological polar surface area (TPSA) is 23.5 Å². The Hall–Kier alpha value is -1.02. The molecule has 0 saturated heterocycles. The van der Waals surface area contributed by atoms with E-state index in [0.717, 1.165) is 17.9 Å². The van der Waals surface area contributed by atoms with Gasteiger partial charge in [-0.3, -0.25) is 0 Å². The maximum atomic E-state index is 9.85. The Morgan fingerprint density at radius 2 is 1.70 bits per heavy atom. The van der Waals surface area contributed by atoms with Crippen LogP contribution in [0.1, 0.15) is 64.0 Å². The van der Waals surface area contributed by atoms with Crippen LogP contribution in [0.25, 0.3) is 0 Å². The Morgan fingerprint density at radius 1 is 1.10 bits per heavy atom. The lowest BCUT2D eigenvalue weighted by molar-refractivity contribution is 0.173. The van der Waals surface area contributed by atoms with Crippen molar-refractivity contribution < 1.29 is 5.11 Å². The van der Waals surface area contributed by atoms with Gasteiger partial charge in [-0.2, -0.15) is 0 Å². The van der Waals surface area contributed by atoms with Gasteiger partial charge in [0.1, 0.15) is 0 Å². The van der Waals surface area contributed by atoms with Crippen LogP contribution < -0.4 is 4.90 Å². The lowest BCUT2D eigenvalue weighted by Gasteiger charge is -2.36. The zero-order valence-electron chi connectivity index (χ0n) is 13.2. The second-order valence-electron chi connectivity index (χ2n) is 6.21. The van der Waals surface area contributed by atoms with Gasteiger partial charge in [0.05, 0.1) is 6.10 Å². The molecule has 0 unspecified atom stereocenters. The highest BCUT2D eigenvalue weighted by Crippen LogP contribution is 2.31. The first-order valence-electron chi connectivity index (χ1n) is 8.16. The SMILES string of the molecule is CCC1CCC(N(C)c2ccc([C@@H](O)CC)cc2)CC1. The van der Waals surface area contributed by atoms with Gasteiger partial charge < -0.3 is 10.0 Å². The van der Waals surface area contributed by atoms with Crippen LogP contribution in [0.15, 0.2) is 24.3 Å². The molecule has 20 heavy (non-hydrogen) atoms. The molecule has 0 radical (unpaired) electrons. The van der Waals surface area contributed by atoms with Crippen LogP contribution in [0.5, 0.6) is 0 Å². The monoisotopic (exact) mass is 275 g/mol. The summed E-state index contributed by atoms with van der Waals surface area (Å²) in [5.74, 6) is 0.946. The minimum atomic E-state index is -0.325. The van der Waals surface area contributed by atoms with Crippen molar-refractivity contribution in [3.8, 4) is 0 Å².